The molecule has 2 aliphatic heterocycles. The molecule has 1 fully saturated rings. The lowest BCUT2D eigenvalue weighted by atomic mass is 9.91. The summed E-state index contributed by atoms with van der Waals surface area (Å²) in [5.41, 5.74) is 5.50. The minimum atomic E-state index is -0.253. The molecule has 2 aromatic carbocycles. The highest BCUT2D eigenvalue weighted by molar-refractivity contribution is 5.75. The quantitative estimate of drug-likeness (QED) is 0.640. The number of hydrogen-bond acceptors (Lipinski definition) is 4. The van der Waals surface area contributed by atoms with Crippen LogP contribution in [0.3, 0.4) is 0 Å². The zero-order chi connectivity index (χ0) is 21.4. The van der Waals surface area contributed by atoms with Gasteiger partial charge in [0.2, 0.25) is 0 Å². The van der Waals surface area contributed by atoms with Crippen LogP contribution in [-0.4, -0.2) is 37.1 Å². The molecule has 6 heteroatoms. The Bertz CT molecular complexity index is 1180. The smallest absolute Gasteiger partial charge is 0.197 e. The van der Waals surface area contributed by atoms with Crippen molar-refractivity contribution in [1.82, 2.24) is 4.57 Å². The lowest BCUT2D eigenvalue weighted by molar-refractivity contribution is -0.102. The van der Waals surface area contributed by atoms with Crippen LogP contribution in [0, 0.1) is 12.7 Å². The fourth-order valence-corrected chi connectivity index (χ4v) is 4.34. The minimum absolute atomic E-state index is 0.0517. The van der Waals surface area contributed by atoms with E-state index in [4.69, 9.17) is 14.2 Å². The van der Waals surface area contributed by atoms with Crippen molar-refractivity contribution in [1.29, 1.82) is 0 Å². The number of pyridine rings is 1. The van der Waals surface area contributed by atoms with Crippen molar-refractivity contribution < 1.29 is 18.6 Å². The first-order valence-corrected chi connectivity index (χ1v) is 10.6. The van der Waals surface area contributed by atoms with Gasteiger partial charge in [-0.2, -0.15) is 0 Å². The van der Waals surface area contributed by atoms with E-state index in [1.807, 2.05) is 25.1 Å². The standard InChI is InChI=1S/C25H24FNO4/c1-16-23(28)13-24(31-15-21-14-29-9-10-30-21)27-8-7-19-11-18(5-6-22(19)25(16)27)17-3-2-4-20(26)12-17/h2-6,11-13,21H,7-10,14-15H2,1H3/t21-/m0/s1. The third-order valence-electron chi connectivity index (χ3n) is 5.94. The van der Waals surface area contributed by atoms with Gasteiger partial charge >= 0.3 is 0 Å². The average Bonchev–Trinajstić information content (AvgIpc) is 2.80. The number of aromatic nitrogens is 1. The molecule has 3 heterocycles. The molecule has 31 heavy (non-hydrogen) atoms. The molecule has 160 valence electrons. The van der Waals surface area contributed by atoms with Gasteiger partial charge < -0.3 is 18.8 Å². The van der Waals surface area contributed by atoms with Crippen LogP contribution in [0.15, 0.2) is 53.3 Å². The first-order chi connectivity index (χ1) is 15.1. The number of aryl methyl sites for hydroxylation is 1. The number of halogens is 1. The van der Waals surface area contributed by atoms with Gasteiger partial charge in [-0.15, -0.1) is 0 Å². The maximum atomic E-state index is 13.7. The van der Waals surface area contributed by atoms with Crippen molar-refractivity contribution in [2.75, 3.05) is 26.4 Å². The Balaban J connectivity index is 1.51. The Kier molecular flexibility index (Phi) is 5.34. The summed E-state index contributed by atoms with van der Waals surface area (Å²) in [5.74, 6) is 0.303. The summed E-state index contributed by atoms with van der Waals surface area (Å²) >= 11 is 0. The monoisotopic (exact) mass is 421 g/mol. The largest absolute Gasteiger partial charge is 0.476 e. The maximum Gasteiger partial charge on any atom is 0.197 e. The van der Waals surface area contributed by atoms with Crippen LogP contribution >= 0.6 is 0 Å². The fraction of sp³-hybridized carbons (Fsp3) is 0.320. The first kappa shape index (κ1) is 20.0. The highest BCUT2D eigenvalue weighted by atomic mass is 19.1. The predicted molar refractivity (Wildman–Crippen MR) is 116 cm³/mol. The van der Waals surface area contributed by atoms with E-state index in [-0.39, 0.29) is 17.3 Å². The second-order valence-electron chi connectivity index (χ2n) is 7.98. The third kappa shape index (κ3) is 3.89. The lowest BCUT2D eigenvalue weighted by Gasteiger charge is -2.28. The van der Waals surface area contributed by atoms with Crippen molar-refractivity contribution in [2.24, 2.45) is 0 Å². The highest BCUT2D eigenvalue weighted by Gasteiger charge is 2.23. The molecule has 0 bridgehead atoms. The van der Waals surface area contributed by atoms with E-state index in [0.29, 0.717) is 44.4 Å². The molecular formula is C25H24FNO4. The van der Waals surface area contributed by atoms with Crippen molar-refractivity contribution in [2.45, 2.75) is 26.0 Å². The topological polar surface area (TPSA) is 49.7 Å². The van der Waals surface area contributed by atoms with Gasteiger partial charge in [0, 0.05) is 23.7 Å². The Labute approximate surface area is 180 Å². The van der Waals surface area contributed by atoms with Gasteiger partial charge in [0.15, 0.2) is 11.3 Å². The molecule has 0 saturated carbocycles. The third-order valence-corrected chi connectivity index (χ3v) is 5.94. The van der Waals surface area contributed by atoms with Gasteiger partial charge in [-0.1, -0.05) is 30.3 Å². The Hall–Kier alpha value is -2.96. The van der Waals surface area contributed by atoms with E-state index in [0.717, 1.165) is 34.4 Å². The summed E-state index contributed by atoms with van der Waals surface area (Å²) in [6.45, 7) is 4.55. The molecule has 0 unspecified atom stereocenters. The SMILES string of the molecule is Cc1c2n(c(OC[C@@H]3COCCO3)cc1=O)CCc1cc(-c3cccc(F)c3)ccc1-2. The van der Waals surface area contributed by atoms with Crippen molar-refractivity contribution in [3.05, 3.63) is 75.7 Å². The van der Waals surface area contributed by atoms with Crippen LogP contribution in [0.1, 0.15) is 11.1 Å². The number of rotatable bonds is 4. The zero-order valence-electron chi connectivity index (χ0n) is 17.4. The van der Waals surface area contributed by atoms with E-state index >= 15 is 0 Å². The van der Waals surface area contributed by atoms with Crippen molar-refractivity contribution in [3.8, 4) is 28.3 Å². The summed E-state index contributed by atoms with van der Waals surface area (Å²) in [6, 6.07) is 14.3. The summed E-state index contributed by atoms with van der Waals surface area (Å²) < 4.78 is 32.8. The number of nitrogens with zero attached hydrogens (tertiary/aromatic N) is 1. The summed E-state index contributed by atoms with van der Waals surface area (Å²) in [4.78, 5) is 12.7. The van der Waals surface area contributed by atoms with Crippen LogP contribution in [0.4, 0.5) is 4.39 Å². The van der Waals surface area contributed by atoms with Crippen molar-refractivity contribution in [3.63, 3.8) is 0 Å². The van der Waals surface area contributed by atoms with E-state index in [1.54, 1.807) is 12.1 Å². The van der Waals surface area contributed by atoms with Gasteiger partial charge in [-0.25, -0.2) is 4.39 Å². The molecule has 1 atom stereocenters. The lowest BCUT2D eigenvalue weighted by Crippen LogP contribution is -2.34. The molecule has 5 nitrogen and oxygen atoms in total. The molecule has 0 amide bonds. The predicted octanol–water partition coefficient (Wildman–Crippen LogP) is 3.98. The highest BCUT2D eigenvalue weighted by Crippen LogP contribution is 2.36. The Morgan fingerprint density at radius 1 is 1.13 bits per heavy atom. The normalized spacial score (nSPS) is 17.7. The summed E-state index contributed by atoms with van der Waals surface area (Å²) in [5, 5.41) is 0. The number of ether oxygens (including phenoxy) is 3. The van der Waals surface area contributed by atoms with Crippen LogP contribution in [0.25, 0.3) is 22.4 Å². The van der Waals surface area contributed by atoms with E-state index in [9.17, 15) is 9.18 Å². The Morgan fingerprint density at radius 2 is 2.00 bits per heavy atom. The van der Waals surface area contributed by atoms with Crippen molar-refractivity contribution >= 4 is 0 Å². The minimum Gasteiger partial charge on any atom is -0.476 e. The summed E-state index contributed by atoms with van der Waals surface area (Å²) in [7, 11) is 0. The molecular weight excluding hydrogens is 397 g/mol. The van der Waals surface area contributed by atoms with E-state index in [1.165, 1.54) is 12.1 Å². The van der Waals surface area contributed by atoms with Gasteiger partial charge in [-0.05, 0) is 42.2 Å². The maximum absolute atomic E-state index is 13.7. The van der Waals surface area contributed by atoms with Gasteiger partial charge in [0.25, 0.3) is 0 Å². The van der Waals surface area contributed by atoms with E-state index < -0.39 is 0 Å². The Morgan fingerprint density at radius 3 is 2.81 bits per heavy atom. The fourth-order valence-electron chi connectivity index (χ4n) is 4.34. The average molecular weight is 421 g/mol. The second kappa shape index (κ2) is 8.29. The van der Waals surface area contributed by atoms with Crippen LogP contribution in [0.5, 0.6) is 5.88 Å². The molecule has 2 aliphatic rings. The van der Waals surface area contributed by atoms with Crippen LogP contribution in [0.2, 0.25) is 0 Å². The summed E-state index contributed by atoms with van der Waals surface area (Å²) in [6.07, 6.45) is 0.666. The molecule has 3 aromatic rings. The van der Waals surface area contributed by atoms with Gasteiger partial charge in [-0.3, -0.25) is 4.79 Å². The first-order valence-electron chi connectivity index (χ1n) is 10.6. The molecule has 1 saturated heterocycles. The number of benzene rings is 2. The molecule has 0 aliphatic carbocycles. The second-order valence-corrected chi connectivity index (χ2v) is 7.98. The van der Waals surface area contributed by atoms with Crippen LogP contribution in [-0.2, 0) is 22.4 Å². The molecule has 0 radical (unpaired) electrons. The molecule has 0 N–H and O–H groups in total. The molecule has 1 aromatic heterocycles. The molecule has 0 spiro atoms. The van der Waals surface area contributed by atoms with Gasteiger partial charge in [0.05, 0.1) is 25.5 Å². The zero-order valence-corrected chi connectivity index (χ0v) is 17.4. The number of fused-ring (bicyclic) bond motifs is 3. The van der Waals surface area contributed by atoms with Gasteiger partial charge in [0.1, 0.15) is 18.5 Å². The molecule has 5 rings (SSSR count). The number of hydrogen-bond donors (Lipinski definition) is 0. The van der Waals surface area contributed by atoms with E-state index in [2.05, 4.69) is 10.6 Å². The van der Waals surface area contributed by atoms with Crippen LogP contribution < -0.4 is 10.2 Å².